The van der Waals surface area contributed by atoms with Crippen LogP contribution >= 0.6 is 0 Å². The quantitative estimate of drug-likeness (QED) is 0.0201. The number of pyridine rings is 1. The summed E-state index contributed by atoms with van der Waals surface area (Å²) in [7, 11) is 21.3. The molecular weight excluding hydrogens is 1570 g/mol. The van der Waals surface area contributed by atoms with Crippen molar-refractivity contribution < 1.29 is 18.9 Å². The number of nitrogens with one attached hydrogen (secondary N) is 6. The van der Waals surface area contributed by atoms with Gasteiger partial charge in [0.2, 0.25) is 23.8 Å². The number of piperidine rings is 1. The van der Waals surface area contributed by atoms with Gasteiger partial charge in [0.25, 0.3) is 0 Å². The minimum Gasteiger partial charge on any atom is -0.493 e. The molecule has 3 fully saturated rings. The molecule has 0 aliphatic carbocycles. The first-order valence-electron chi connectivity index (χ1n) is 46.4. The Kier molecular flexibility index (Phi) is 32.3. The number of hydrogen-bond donors (Lipinski definition) is 6. The van der Waals surface area contributed by atoms with Crippen LogP contribution in [0, 0.1) is 23.7 Å². The van der Waals surface area contributed by atoms with E-state index in [9.17, 15) is 0 Å². The van der Waals surface area contributed by atoms with Gasteiger partial charge in [-0.2, -0.15) is 0 Å². The SMILES string of the molecule is CN(C)CC1CNc2nc3ccc(OCCCN(C)Cc4ccc[nH]4)cc3n2C1.CN(C)CC1CNc2nc3ccc(OCCCN(C)Cc4ccccn4)cc3n2C1.CN(C)CC1CNc2nc3ccc(OCCCN4CCC(N5CCCC5)CC4)cc3n2C1.CN(C)CC1CNc2nc3ccc(OCCCN[C@@H]4CCN(Cc5ccccc5)C4)cc3n2C1. The summed E-state index contributed by atoms with van der Waals surface area (Å²) in [6.45, 7) is 29.5. The second-order valence-corrected chi connectivity index (χ2v) is 37.1. The smallest absolute Gasteiger partial charge is 0.203 e. The van der Waals surface area contributed by atoms with E-state index >= 15 is 0 Å². The number of nitrogens with zero attached hydrogens (tertiary/aromatic N) is 18. The highest BCUT2D eigenvalue weighted by Crippen LogP contribution is 2.34. The molecule has 11 aromatic rings. The molecule has 18 rings (SSSR count). The molecule has 125 heavy (non-hydrogen) atoms. The summed E-state index contributed by atoms with van der Waals surface area (Å²) in [6.07, 6.45) is 14.6. The Balaban J connectivity index is 0.000000129. The zero-order valence-electron chi connectivity index (χ0n) is 76.4. The number of benzene rings is 5. The van der Waals surface area contributed by atoms with E-state index in [1.807, 2.05) is 48.8 Å². The van der Waals surface area contributed by atoms with Crippen LogP contribution in [0.3, 0.4) is 0 Å². The number of ether oxygens (including phenoxy) is 4. The highest BCUT2D eigenvalue weighted by molar-refractivity contribution is 5.83. The van der Waals surface area contributed by atoms with Gasteiger partial charge in [-0.25, -0.2) is 19.9 Å². The van der Waals surface area contributed by atoms with Crippen LogP contribution in [0.25, 0.3) is 44.1 Å². The number of rotatable bonds is 36. The molecule has 28 nitrogen and oxygen atoms in total. The van der Waals surface area contributed by atoms with Crippen LogP contribution in [-0.2, 0) is 45.8 Å². The van der Waals surface area contributed by atoms with Crippen molar-refractivity contribution in [1.29, 1.82) is 0 Å². The topological polar surface area (TPSA) is 226 Å². The summed E-state index contributed by atoms with van der Waals surface area (Å²) in [6, 6.07) is 47.4. The van der Waals surface area contributed by atoms with Crippen molar-refractivity contribution in [2.75, 3.05) is 236 Å². The van der Waals surface area contributed by atoms with E-state index in [0.29, 0.717) is 42.9 Å². The predicted molar refractivity (Wildman–Crippen MR) is 508 cm³/mol. The summed E-state index contributed by atoms with van der Waals surface area (Å²) in [4.78, 5) is 48.1. The van der Waals surface area contributed by atoms with E-state index in [1.165, 1.54) is 81.6 Å². The van der Waals surface area contributed by atoms with E-state index in [-0.39, 0.29) is 0 Å². The fourth-order valence-corrected chi connectivity index (χ4v) is 19.2. The lowest BCUT2D eigenvalue weighted by Crippen LogP contribution is -2.44. The van der Waals surface area contributed by atoms with E-state index < -0.39 is 0 Å². The molecule has 6 aromatic heterocycles. The van der Waals surface area contributed by atoms with Crippen molar-refractivity contribution in [1.82, 2.24) is 97.6 Å². The molecule has 5 aromatic carbocycles. The number of likely N-dealkylation sites (tertiary alicyclic amines) is 3. The molecule has 0 bridgehead atoms. The molecule has 674 valence electrons. The van der Waals surface area contributed by atoms with Crippen molar-refractivity contribution in [3.05, 3.63) is 163 Å². The van der Waals surface area contributed by atoms with Gasteiger partial charge in [0.05, 0.1) is 76.3 Å². The zero-order valence-corrected chi connectivity index (χ0v) is 76.4. The van der Waals surface area contributed by atoms with Gasteiger partial charge in [-0.15, -0.1) is 0 Å². The first kappa shape index (κ1) is 90.2. The Morgan fingerprint density at radius 2 is 0.840 bits per heavy atom. The van der Waals surface area contributed by atoms with Crippen molar-refractivity contribution in [2.24, 2.45) is 23.7 Å². The van der Waals surface area contributed by atoms with Gasteiger partial charge < -0.3 is 108 Å². The Bertz CT molecular complexity index is 5070. The monoisotopic (exact) mass is 1710 g/mol. The molecule has 7 aliphatic heterocycles. The van der Waals surface area contributed by atoms with Crippen molar-refractivity contribution in [3.63, 3.8) is 0 Å². The van der Waals surface area contributed by atoms with Crippen LogP contribution in [-0.4, -0.2) is 319 Å². The average molecular weight is 1710 g/mol. The van der Waals surface area contributed by atoms with Crippen molar-refractivity contribution in [2.45, 2.75) is 116 Å². The lowest BCUT2D eigenvalue weighted by Gasteiger charge is -2.36. The summed E-state index contributed by atoms with van der Waals surface area (Å²) >= 11 is 0. The van der Waals surface area contributed by atoms with Gasteiger partial charge in [-0.1, -0.05) is 36.4 Å². The number of anilines is 4. The van der Waals surface area contributed by atoms with Gasteiger partial charge in [0.15, 0.2) is 0 Å². The lowest BCUT2D eigenvalue weighted by molar-refractivity contribution is 0.122. The Labute approximate surface area is 741 Å². The average Bonchev–Trinajstić information content (AvgIpc) is 1.65. The molecule has 4 unspecified atom stereocenters. The van der Waals surface area contributed by atoms with E-state index in [4.69, 9.17) is 38.9 Å². The van der Waals surface area contributed by atoms with Gasteiger partial charge >= 0.3 is 0 Å². The van der Waals surface area contributed by atoms with Crippen LogP contribution in [0.2, 0.25) is 0 Å². The number of fused-ring (bicyclic) bond motifs is 12. The molecule has 7 aliphatic rings. The highest BCUT2D eigenvalue weighted by Gasteiger charge is 2.30. The van der Waals surface area contributed by atoms with Crippen LogP contribution in [0.4, 0.5) is 23.8 Å². The lowest BCUT2D eigenvalue weighted by atomic mass is 10.0. The standard InChI is InChI=1S/C27H38N6O.C25H40N6O.C23H32N6O.C22H32N6O/c1-31(2)17-22-16-29-27-30-25-10-9-24(15-26(25)33(27)19-22)34-14-6-12-28-23-11-13-32(20-23)18-21-7-4-3-5-8-21;1-28(2)18-20-17-26-25-27-23-7-6-22(16-24(23)31(25)19-20)32-15-5-10-29-13-8-21(9-14-29)30-11-3-4-12-30;1-27(2)15-18-14-25-23-26-21-9-8-20(13-22(21)29(23)16-18)30-12-6-11-28(3)17-19-7-4-5-10-24-19;1-26(2)14-17-13-24-22-25-20-8-7-19(12-21(20)28(22)15-17)29-11-5-10-27(3)16-18-6-4-9-23-18/h3-5,7-10,15,22-23,28H,6,11-14,16-20H2,1-2H3,(H,29,30);6-7,16,20-21H,3-5,8-15,17-19H2,1-2H3,(H,26,27);4-5,7-10,13,18H,6,11-12,14-17H2,1-3H3,(H,25,26);4,6-9,12,17,23H,5,10-11,13-16H2,1-3H3,(H,24,25)/t22?,23-;;;/m1.../s1. The maximum Gasteiger partial charge on any atom is 0.203 e. The zero-order chi connectivity index (χ0) is 86.4. The molecule has 0 saturated carbocycles. The van der Waals surface area contributed by atoms with E-state index in [2.05, 4.69) is 266 Å². The van der Waals surface area contributed by atoms with Crippen LogP contribution in [0.1, 0.15) is 74.7 Å². The minimum absolute atomic E-state index is 0.573. The van der Waals surface area contributed by atoms with Crippen LogP contribution < -0.4 is 45.5 Å². The second-order valence-electron chi connectivity index (χ2n) is 37.1. The largest absolute Gasteiger partial charge is 0.493 e. The molecular formula is C97H142N24O4. The number of aromatic amines is 1. The van der Waals surface area contributed by atoms with E-state index in [1.54, 1.807) is 0 Å². The summed E-state index contributed by atoms with van der Waals surface area (Å²) < 4.78 is 33.6. The van der Waals surface area contributed by atoms with Crippen molar-refractivity contribution >= 4 is 67.9 Å². The third kappa shape index (κ3) is 25.9. The Morgan fingerprint density at radius 3 is 1.26 bits per heavy atom. The summed E-state index contributed by atoms with van der Waals surface area (Å²) in [5.41, 5.74) is 12.5. The molecule has 0 amide bonds. The third-order valence-corrected chi connectivity index (χ3v) is 25.1. The fraction of sp³-hybridized carbons (Fsp3) is 0.557. The predicted octanol–water partition coefficient (Wildman–Crippen LogP) is 12.0. The number of hydrogen-bond acceptors (Lipinski definition) is 23. The maximum atomic E-state index is 6.15. The number of imidazole rings is 4. The van der Waals surface area contributed by atoms with E-state index in [0.717, 1.165) is 267 Å². The van der Waals surface area contributed by atoms with Gasteiger partial charge in [0.1, 0.15) is 23.0 Å². The third-order valence-electron chi connectivity index (χ3n) is 25.1. The summed E-state index contributed by atoms with van der Waals surface area (Å²) in [5, 5.41) is 17.7. The summed E-state index contributed by atoms with van der Waals surface area (Å²) in [5.74, 6) is 9.94. The van der Waals surface area contributed by atoms with Gasteiger partial charge in [-0.05, 0) is 239 Å². The first-order valence-corrected chi connectivity index (χ1v) is 46.4. The minimum atomic E-state index is 0.573. The van der Waals surface area contributed by atoms with Crippen LogP contribution in [0.15, 0.2) is 146 Å². The Hall–Kier alpha value is -9.59. The molecule has 28 heteroatoms. The highest BCUT2D eigenvalue weighted by atomic mass is 16.5. The maximum absolute atomic E-state index is 6.15. The van der Waals surface area contributed by atoms with Gasteiger partial charge in [-0.3, -0.25) is 9.88 Å². The number of aromatic nitrogens is 10. The Morgan fingerprint density at radius 1 is 0.416 bits per heavy atom. The van der Waals surface area contributed by atoms with Gasteiger partial charge in [0, 0.05) is 209 Å². The molecule has 6 N–H and O–H groups in total. The number of H-pyrrole nitrogens is 1. The molecule has 3 saturated heterocycles. The van der Waals surface area contributed by atoms with Crippen LogP contribution in [0.5, 0.6) is 23.0 Å². The molecule has 5 atom stereocenters. The fourth-order valence-electron chi connectivity index (χ4n) is 19.2. The van der Waals surface area contributed by atoms with Crippen molar-refractivity contribution in [3.8, 4) is 23.0 Å². The second kappa shape index (κ2) is 44.7. The molecule has 13 heterocycles. The molecule has 0 radical (unpaired) electrons. The normalized spacial score (nSPS) is 19.2. The molecule has 0 spiro atoms. The first-order chi connectivity index (χ1) is 61.0.